The normalized spacial score (nSPS) is 11.3. The van der Waals surface area contributed by atoms with Gasteiger partial charge in [-0.2, -0.15) is 0 Å². The predicted molar refractivity (Wildman–Crippen MR) is 96.4 cm³/mol. The molecule has 1 N–H and O–H groups in total. The summed E-state index contributed by atoms with van der Waals surface area (Å²) in [5.74, 6) is 0.694. The van der Waals surface area contributed by atoms with E-state index in [0.717, 1.165) is 27.9 Å². The van der Waals surface area contributed by atoms with E-state index in [-0.39, 0.29) is 5.91 Å². The number of rotatable bonds is 4. The lowest BCUT2D eigenvalue weighted by molar-refractivity contribution is -0.120. The number of nitrogens with one attached hydrogen (secondary N) is 1. The Hall–Kier alpha value is -2.88. The van der Waals surface area contributed by atoms with Crippen molar-refractivity contribution in [1.29, 1.82) is 0 Å². The molecule has 0 aliphatic rings. The van der Waals surface area contributed by atoms with Gasteiger partial charge in [0.05, 0.1) is 23.7 Å². The van der Waals surface area contributed by atoms with Crippen LogP contribution in [0.3, 0.4) is 0 Å². The van der Waals surface area contributed by atoms with Crippen LogP contribution in [0.2, 0.25) is 0 Å². The molecule has 1 amide bonds. The highest BCUT2D eigenvalue weighted by atomic mass is 16.5. The van der Waals surface area contributed by atoms with Gasteiger partial charge in [-0.25, -0.2) is 0 Å². The average Bonchev–Trinajstić information content (AvgIpc) is 2.62. The highest BCUT2D eigenvalue weighted by Crippen LogP contribution is 2.28. The highest BCUT2D eigenvalue weighted by Gasteiger charge is 2.30. The van der Waals surface area contributed by atoms with Gasteiger partial charge in [0.15, 0.2) is 0 Å². The minimum absolute atomic E-state index is 0.0779. The maximum atomic E-state index is 12.9. The van der Waals surface area contributed by atoms with Crippen molar-refractivity contribution in [2.75, 3.05) is 12.4 Å². The topological polar surface area (TPSA) is 51.2 Å². The average molecular weight is 320 g/mol. The molecule has 0 saturated heterocycles. The van der Waals surface area contributed by atoms with Gasteiger partial charge < -0.3 is 10.1 Å². The van der Waals surface area contributed by atoms with Gasteiger partial charge in [-0.05, 0) is 43.7 Å². The molecule has 2 aromatic carbocycles. The first-order chi connectivity index (χ1) is 11.5. The molecule has 0 radical (unpaired) electrons. The van der Waals surface area contributed by atoms with Crippen molar-refractivity contribution in [2.45, 2.75) is 19.3 Å². The molecule has 0 fully saturated rings. The van der Waals surface area contributed by atoms with E-state index in [0.29, 0.717) is 0 Å². The fraction of sp³-hybridized carbons (Fsp3) is 0.200. The molecule has 4 nitrogen and oxygen atoms in total. The van der Waals surface area contributed by atoms with E-state index in [4.69, 9.17) is 4.74 Å². The summed E-state index contributed by atoms with van der Waals surface area (Å²) in [6.45, 7) is 3.81. The first-order valence-corrected chi connectivity index (χ1v) is 7.82. The Kier molecular flexibility index (Phi) is 4.21. The van der Waals surface area contributed by atoms with Gasteiger partial charge >= 0.3 is 0 Å². The molecule has 1 aromatic heterocycles. The number of fused-ring (bicyclic) bond motifs is 1. The van der Waals surface area contributed by atoms with Crippen LogP contribution in [0.5, 0.6) is 5.75 Å². The molecule has 0 spiro atoms. The monoisotopic (exact) mass is 320 g/mol. The van der Waals surface area contributed by atoms with Crippen LogP contribution in [0.1, 0.15) is 19.4 Å². The van der Waals surface area contributed by atoms with E-state index >= 15 is 0 Å². The van der Waals surface area contributed by atoms with Crippen molar-refractivity contribution in [3.8, 4) is 5.75 Å². The Morgan fingerprint density at radius 1 is 1.04 bits per heavy atom. The zero-order valence-electron chi connectivity index (χ0n) is 14.0. The molecule has 24 heavy (non-hydrogen) atoms. The number of benzene rings is 2. The smallest absolute Gasteiger partial charge is 0.234 e. The van der Waals surface area contributed by atoms with Gasteiger partial charge in [-0.1, -0.05) is 30.3 Å². The summed E-state index contributed by atoms with van der Waals surface area (Å²) in [4.78, 5) is 17.2. The van der Waals surface area contributed by atoms with Crippen LogP contribution < -0.4 is 10.1 Å². The molecular formula is C20H20N2O2. The Morgan fingerprint density at radius 2 is 1.75 bits per heavy atom. The van der Waals surface area contributed by atoms with Crippen LogP contribution in [0.15, 0.2) is 60.8 Å². The van der Waals surface area contributed by atoms with Gasteiger partial charge in [0.1, 0.15) is 5.75 Å². The zero-order valence-corrected chi connectivity index (χ0v) is 14.0. The lowest BCUT2D eigenvalue weighted by Gasteiger charge is -2.24. The van der Waals surface area contributed by atoms with Gasteiger partial charge in [-0.3, -0.25) is 9.78 Å². The number of nitrogens with zero attached hydrogens (tertiary/aromatic N) is 1. The van der Waals surface area contributed by atoms with E-state index < -0.39 is 5.41 Å². The number of pyridine rings is 1. The Balaban J connectivity index is 1.89. The summed E-state index contributed by atoms with van der Waals surface area (Å²) < 4.78 is 5.18. The molecule has 0 aliphatic heterocycles. The van der Waals surface area contributed by atoms with Crippen molar-refractivity contribution >= 4 is 22.5 Å². The Morgan fingerprint density at radius 3 is 2.46 bits per heavy atom. The van der Waals surface area contributed by atoms with Gasteiger partial charge in [-0.15, -0.1) is 0 Å². The van der Waals surface area contributed by atoms with Crippen molar-refractivity contribution in [3.63, 3.8) is 0 Å². The Labute approximate surface area is 141 Å². The van der Waals surface area contributed by atoms with E-state index in [9.17, 15) is 4.79 Å². The second kappa shape index (κ2) is 6.32. The van der Waals surface area contributed by atoms with Gasteiger partial charge in [0.2, 0.25) is 5.91 Å². The van der Waals surface area contributed by atoms with Crippen molar-refractivity contribution in [2.24, 2.45) is 0 Å². The number of carbonyl (C=O) groups excluding carboxylic acids is 1. The lowest BCUT2D eigenvalue weighted by Crippen LogP contribution is -2.34. The molecule has 1 heterocycles. The number of aromatic nitrogens is 1. The quantitative estimate of drug-likeness (QED) is 0.785. The summed E-state index contributed by atoms with van der Waals surface area (Å²) in [5, 5.41) is 4.02. The summed E-state index contributed by atoms with van der Waals surface area (Å²) in [6.07, 6.45) is 1.73. The first kappa shape index (κ1) is 16.0. The highest BCUT2D eigenvalue weighted by molar-refractivity contribution is 6.04. The maximum absolute atomic E-state index is 12.9. The first-order valence-electron chi connectivity index (χ1n) is 7.82. The molecule has 0 saturated carbocycles. The minimum Gasteiger partial charge on any atom is -0.497 e. The number of amides is 1. The summed E-state index contributed by atoms with van der Waals surface area (Å²) in [5.41, 5.74) is 1.76. The molecule has 0 unspecified atom stereocenters. The number of ether oxygens (including phenoxy) is 1. The zero-order chi connectivity index (χ0) is 17.2. The number of para-hydroxylation sites is 1. The Bertz CT molecular complexity index is 865. The van der Waals surface area contributed by atoms with E-state index in [1.165, 1.54) is 0 Å². The SMILES string of the molecule is COc1ccc(C(C)(C)C(=O)Nc2cccc3cccnc23)cc1. The summed E-state index contributed by atoms with van der Waals surface area (Å²) in [7, 11) is 1.63. The van der Waals surface area contributed by atoms with Crippen molar-refractivity contribution in [3.05, 3.63) is 66.4 Å². The minimum atomic E-state index is -0.677. The third-order valence-electron chi connectivity index (χ3n) is 4.26. The lowest BCUT2D eigenvalue weighted by atomic mass is 9.83. The van der Waals surface area contributed by atoms with Gasteiger partial charge in [0, 0.05) is 11.6 Å². The van der Waals surface area contributed by atoms with Crippen LogP contribution in [0, 0.1) is 0 Å². The molecule has 4 heteroatoms. The number of methoxy groups -OCH3 is 1. The van der Waals surface area contributed by atoms with E-state index in [2.05, 4.69) is 10.3 Å². The van der Waals surface area contributed by atoms with Crippen molar-refractivity contribution < 1.29 is 9.53 Å². The molecule has 122 valence electrons. The van der Waals surface area contributed by atoms with Crippen LogP contribution in [-0.4, -0.2) is 18.0 Å². The molecular weight excluding hydrogens is 300 g/mol. The third-order valence-corrected chi connectivity index (χ3v) is 4.26. The second-order valence-electron chi connectivity index (χ2n) is 6.19. The predicted octanol–water partition coefficient (Wildman–Crippen LogP) is 4.16. The maximum Gasteiger partial charge on any atom is 0.234 e. The fourth-order valence-corrected chi connectivity index (χ4v) is 2.62. The van der Waals surface area contributed by atoms with Gasteiger partial charge in [0.25, 0.3) is 0 Å². The summed E-state index contributed by atoms with van der Waals surface area (Å²) in [6, 6.07) is 17.2. The van der Waals surface area contributed by atoms with Crippen LogP contribution in [0.4, 0.5) is 5.69 Å². The van der Waals surface area contributed by atoms with Crippen LogP contribution in [0.25, 0.3) is 10.9 Å². The summed E-state index contributed by atoms with van der Waals surface area (Å²) >= 11 is 0. The molecule has 0 atom stereocenters. The van der Waals surface area contributed by atoms with Crippen molar-refractivity contribution in [1.82, 2.24) is 4.98 Å². The molecule has 0 aliphatic carbocycles. The van der Waals surface area contributed by atoms with Crippen LogP contribution in [-0.2, 0) is 10.2 Å². The molecule has 0 bridgehead atoms. The van der Waals surface area contributed by atoms with Crippen LogP contribution >= 0.6 is 0 Å². The second-order valence-corrected chi connectivity index (χ2v) is 6.19. The fourth-order valence-electron chi connectivity index (χ4n) is 2.62. The standard InChI is InChI=1S/C20H20N2O2/c1-20(2,15-9-11-16(24-3)12-10-15)19(23)22-17-8-4-6-14-7-5-13-21-18(14)17/h4-13H,1-3H3,(H,22,23). The largest absolute Gasteiger partial charge is 0.497 e. The number of hydrogen-bond donors (Lipinski definition) is 1. The molecule has 3 aromatic rings. The number of anilines is 1. The number of carbonyl (C=O) groups is 1. The third kappa shape index (κ3) is 2.95. The van der Waals surface area contributed by atoms with E-state index in [1.54, 1.807) is 13.3 Å². The van der Waals surface area contributed by atoms with E-state index in [1.807, 2.05) is 68.4 Å². The molecule has 3 rings (SSSR count). The number of hydrogen-bond acceptors (Lipinski definition) is 3.